The smallest absolute Gasteiger partial charge is 0.350 e. The van der Waals surface area contributed by atoms with Crippen LogP contribution >= 0.6 is 15.9 Å². The normalized spacial score (nSPS) is 11.6. The molecule has 0 amide bonds. The first-order valence-corrected chi connectivity index (χ1v) is 5.75. The van der Waals surface area contributed by atoms with Gasteiger partial charge in [-0.1, -0.05) is 22.0 Å². The average Bonchev–Trinajstić information content (AvgIpc) is 2.14. The Hall–Kier alpha value is -0.780. The van der Waals surface area contributed by atoms with Crippen LogP contribution in [0.4, 0.5) is 19.0 Å². The number of aromatic nitrogens is 1. The zero-order valence-corrected chi connectivity index (χ0v) is 10.6. The van der Waals surface area contributed by atoms with Crippen LogP contribution in [0.3, 0.4) is 0 Å². The van der Waals surface area contributed by atoms with E-state index in [0.29, 0.717) is 11.1 Å². The molecule has 90 valence electrons. The highest BCUT2D eigenvalue weighted by Crippen LogP contribution is 2.22. The van der Waals surface area contributed by atoms with Crippen LogP contribution in [-0.2, 0) is 5.33 Å². The molecule has 1 rings (SSSR count). The van der Waals surface area contributed by atoms with Crippen molar-refractivity contribution in [1.29, 1.82) is 0 Å². The number of alkyl halides is 4. The van der Waals surface area contributed by atoms with Gasteiger partial charge < -0.3 is 4.90 Å². The summed E-state index contributed by atoms with van der Waals surface area (Å²) in [5, 5.41) is 0.643. The van der Waals surface area contributed by atoms with Gasteiger partial charge >= 0.3 is 6.18 Å². The van der Waals surface area contributed by atoms with E-state index in [1.54, 1.807) is 13.1 Å². The SMILES string of the molecule is Cc1cc(CBr)cnc1N(C)CC(F)(F)F. The Morgan fingerprint density at radius 2 is 2.06 bits per heavy atom. The van der Waals surface area contributed by atoms with Crippen molar-refractivity contribution < 1.29 is 13.2 Å². The van der Waals surface area contributed by atoms with E-state index >= 15 is 0 Å². The molecule has 0 unspecified atom stereocenters. The van der Waals surface area contributed by atoms with Crippen molar-refractivity contribution in [2.24, 2.45) is 0 Å². The van der Waals surface area contributed by atoms with Gasteiger partial charge in [0, 0.05) is 18.6 Å². The fraction of sp³-hybridized carbons (Fsp3) is 0.500. The lowest BCUT2D eigenvalue weighted by Crippen LogP contribution is -2.31. The van der Waals surface area contributed by atoms with E-state index in [9.17, 15) is 13.2 Å². The average molecular weight is 297 g/mol. The van der Waals surface area contributed by atoms with Gasteiger partial charge in [0.05, 0.1) is 0 Å². The van der Waals surface area contributed by atoms with Crippen molar-refractivity contribution in [3.63, 3.8) is 0 Å². The van der Waals surface area contributed by atoms with Crippen molar-refractivity contribution in [1.82, 2.24) is 4.98 Å². The lowest BCUT2D eigenvalue weighted by atomic mass is 10.2. The number of hydrogen-bond donors (Lipinski definition) is 0. The van der Waals surface area contributed by atoms with Crippen molar-refractivity contribution in [3.8, 4) is 0 Å². The molecule has 0 bridgehead atoms. The highest BCUT2D eigenvalue weighted by atomic mass is 79.9. The Morgan fingerprint density at radius 1 is 1.44 bits per heavy atom. The van der Waals surface area contributed by atoms with Crippen LogP contribution in [0.1, 0.15) is 11.1 Å². The standard InChI is InChI=1S/C10H12BrF3N2/c1-7-3-8(4-11)5-15-9(7)16(2)6-10(12,13)14/h3,5H,4,6H2,1-2H3. The minimum absolute atomic E-state index is 0.363. The lowest BCUT2D eigenvalue weighted by molar-refractivity contribution is -0.119. The molecule has 0 aliphatic carbocycles. The van der Waals surface area contributed by atoms with Crippen LogP contribution in [0.25, 0.3) is 0 Å². The van der Waals surface area contributed by atoms with Gasteiger partial charge in [-0.2, -0.15) is 13.2 Å². The molecule has 0 aromatic carbocycles. The summed E-state index contributed by atoms with van der Waals surface area (Å²) in [4.78, 5) is 5.13. The Kier molecular flexibility index (Phi) is 4.18. The number of halogens is 4. The largest absolute Gasteiger partial charge is 0.405 e. The van der Waals surface area contributed by atoms with E-state index in [0.717, 1.165) is 16.0 Å². The third-order valence-corrected chi connectivity index (χ3v) is 2.69. The molecule has 1 aromatic rings. The number of rotatable bonds is 3. The third kappa shape index (κ3) is 3.66. The molecule has 2 nitrogen and oxygen atoms in total. The van der Waals surface area contributed by atoms with Crippen LogP contribution in [-0.4, -0.2) is 24.8 Å². The number of pyridine rings is 1. The first-order chi connectivity index (χ1) is 7.33. The first kappa shape index (κ1) is 13.3. The van der Waals surface area contributed by atoms with Crippen LogP contribution < -0.4 is 4.90 Å². The summed E-state index contributed by atoms with van der Waals surface area (Å²) in [6.07, 6.45) is -2.64. The summed E-state index contributed by atoms with van der Waals surface area (Å²) >= 11 is 3.27. The van der Waals surface area contributed by atoms with E-state index in [1.807, 2.05) is 6.07 Å². The number of nitrogens with zero attached hydrogens (tertiary/aromatic N) is 2. The van der Waals surface area contributed by atoms with E-state index in [2.05, 4.69) is 20.9 Å². The summed E-state index contributed by atoms with van der Waals surface area (Å²) in [6, 6.07) is 1.82. The quantitative estimate of drug-likeness (QED) is 0.796. The monoisotopic (exact) mass is 296 g/mol. The maximum atomic E-state index is 12.2. The summed E-state index contributed by atoms with van der Waals surface area (Å²) in [5.74, 6) is 0.363. The lowest BCUT2D eigenvalue weighted by Gasteiger charge is -2.21. The summed E-state index contributed by atoms with van der Waals surface area (Å²) in [6.45, 7) is 0.760. The minimum Gasteiger partial charge on any atom is -0.350 e. The third-order valence-electron chi connectivity index (χ3n) is 2.04. The molecule has 0 atom stereocenters. The van der Waals surface area contributed by atoms with Gasteiger partial charge in [0.25, 0.3) is 0 Å². The number of anilines is 1. The molecule has 0 aliphatic rings. The zero-order chi connectivity index (χ0) is 12.3. The van der Waals surface area contributed by atoms with E-state index < -0.39 is 12.7 Å². The summed E-state index contributed by atoms with van der Waals surface area (Å²) in [7, 11) is 1.39. The molecular formula is C10H12BrF3N2. The predicted molar refractivity (Wildman–Crippen MR) is 60.9 cm³/mol. The Morgan fingerprint density at radius 3 is 2.50 bits per heavy atom. The number of aryl methyl sites for hydroxylation is 1. The molecule has 0 fully saturated rings. The van der Waals surface area contributed by atoms with E-state index in [4.69, 9.17) is 0 Å². The highest BCUT2D eigenvalue weighted by Gasteiger charge is 2.30. The van der Waals surface area contributed by atoms with Crippen molar-refractivity contribution in [2.45, 2.75) is 18.4 Å². The predicted octanol–water partition coefficient (Wildman–Crippen LogP) is 3.28. The van der Waals surface area contributed by atoms with Crippen LogP contribution in [0.15, 0.2) is 12.3 Å². The first-order valence-electron chi connectivity index (χ1n) is 4.63. The fourth-order valence-corrected chi connectivity index (χ4v) is 1.75. The molecular weight excluding hydrogens is 285 g/mol. The second-order valence-corrected chi connectivity index (χ2v) is 4.15. The molecule has 0 radical (unpaired) electrons. The molecule has 6 heteroatoms. The van der Waals surface area contributed by atoms with Gasteiger partial charge in [-0.3, -0.25) is 0 Å². The van der Waals surface area contributed by atoms with Gasteiger partial charge in [0.2, 0.25) is 0 Å². The molecule has 0 aliphatic heterocycles. The number of hydrogen-bond acceptors (Lipinski definition) is 2. The molecule has 0 N–H and O–H groups in total. The van der Waals surface area contributed by atoms with Crippen molar-refractivity contribution in [3.05, 3.63) is 23.4 Å². The summed E-state index contributed by atoms with van der Waals surface area (Å²) < 4.78 is 36.6. The minimum atomic E-state index is -4.21. The maximum Gasteiger partial charge on any atom is 0.405 e. The van der Waals surface area contributed by atoms with Crippen molar-refractivity contribution >= 4 is 21.7 Å². The molecule has 1 aromatic heterocycles. The van der Waals surface area contributed by atoms with Gasteiger partial charge in [0.15, 0.2) is 0 Å². The Balaban J connectivity index is 2.88. The Bertz CT molecular complexity index is 366. The Labute approximate surface area is 101 Å². The van der Waals surface area contributed by atoms with Gasteiger partial charge in [-0.25, -0.2) is 4.98 Å². The van der Waals surface area contributed by atoms with Crippen LogP contribution in [0, 0.1) is 6.92 Å². The zero-order valence-electron chi connectivity index (χ0n) is 8.98. The highest BCUT2D eigenvalue weighted by molar-refractivity contribution is 9.08. The molecule has 1 heterocycles. The van der Waals surface area contributed by atoms with Gasteiger partial charge in [0.1, 0.15) is 12.4 Å². The van der Waals surface area contributed by atoms with Gasteiger partial charge in [-0.05, 0) is 18.1 Å². The van der Waals surface area contributed by atoms with Crippen LogP contribution in [0.2, 0.25) is 0 Å². The molecule has 0 saturated carbocycles. The molecule has 0 saturated heterocycles. The molecule has 16 heavy (non-hydrogen) atoms. The van der Waals surface area contributed by atoms with Crippen LogP contribution in [0.5, 0.6) is 0 Å². The fourth-order valence-electron chi connectivity index (χ4n) is 1.44. The molecule has 0 spiro atoms. The van der Waals surface area contributed by atoms with Crippen molar-refractivity contribution in [2.75, 3.05) is 18.5 Å². The van der Waals surface area contributed by atoms with E-state index in [-0.39, 0.29) is 0 Å². The maximum absolute atomic E-state index is 12.2. The summed E-state index contributed by atoms with van der Waals surface area (Å²) in [5.41, 5.74) is 1.69. The topological polar surface area (TPSA) is 16.1 Å². The second kappa shape index (κ2) is 5.03. The van der Waals surface area contributed by atoms with Gasteiger partial charge in [-0.15, -0.1) is 0 Å². The second-order valence-electron chi connectivity index (χ2n) is 3.59. The van der Waals surface area contributed by atoms with E-state index in [1.165, 1.54) is 7.05 Å².